The Morgan fingerprint density at radius 3 is 0.642 bits per heavy atom. The zero-order valence-corrected chi connectivity index (χ0v) is 71.4. The van der Waals surface area contributed by atoms with Gasteiger partial charge in [0, 0.05) is 25.7 Å². The zero-order chi connectivity index (χ0) is 77.6. The van der Waals surface area contributed by atoms with Crippen molar-refractivity contribution in [2.75, 3.05) is 39.6 Å². The third-order valence-electron chi connectivity index (χ3n) is 20.5. The summed E-state index contributed by atoms with van der Waals surface area (Å²) in [5, 5.41) is 10.7. The Bertz CT molecular complexity index is 2010. The summed E-state index contributed by atoms with van der Waals surface area (Å²) in [4.78, 5) is 73.2. The molecule has 0 saturated heterocycles. The molecule has 0 bridgehead atoms. The molecule has 0 aromatic carbocycles. The minimum absolute atomic E-state index is 0.107. The lowest BCUT2D eigenvalue weighted by atomic mass is 10.0. The van der Waals surface area contributed by atoms with Crippen molar-refractivity contribution in [1.82, 2.24) is 0 Å². The molecule has 106 heavy (non-hydrogen) atoms. The maximum absolute atomic E-state index is 13.2. The van der Waals surface area contributed by atoms with Crippen molar-refractivity contribution in [3.63, 3.8) is 0 Å². The smallest absolute Gasteiger partial charge is 0.462 e. The molecule has 0 radical (unpaired) electrons. The topological polar surface area (TPSA) is 237 Å². The Balaban J connectivity index is 5.18. The first kappa shape index (κ1) is 104. The first-order valence-corrected chi connectivity index (χ1v) is 48.1. The number of carbonyl (C=O) groups excluding carboxylic acids is 4. The molecule has 0 spiro atoms. The van der Waals surface area contributed by atoms with Gasteiger partial charge in [0.25, 0.3) is 0 Å². The molecule has 0 aromatic heterocycles. The van der Waals surface area contributed by atoms with Crippen LogP contribution in [0, 0.1) is 5.92 Å². The van der Waals surface area contributed by atoms with Crippen molar-refractivity contribution in [3.05, 3.63) is 0 Å². The van der Waals surface area contributed by atoms with Gasteiger partial charge in [-0.05, 0) is 31.6 Å². The van der Waals surface area contributed by atoms with Crippen molar-refractivity contribution < 1.29 is 80.2 Å². The molecule has 19 heteroatoms. The van der Waals surface area contributed by atoms with Gasteiger partial charge in [-0.1, -0.05) is 420 Å². The molecule has 17 nitrogen and oxygen atoms in total. The van der Waals surface area contributed by atoms with Crippen LogP contribution in [0.3, 0.4) is 0 Å². The lowest BCUT2D eigenvalue weighted by molar-refractivity contribution is -0.161. The van der Waals surface area contributed by atoms with Gasteiger partial charge in [-0.25, -0.2) is 9.13 Å². The molecule has 630 valence electrons. The molecule has 2 unspecified atom stereocenters. The van der Waals surface area contributed by atoms with E-state index < -0.39 is 97.5 Å². The second kappa shape index (κ2) is 79.7. The number of hydrogen-bond donors (Lipinski definition) is 3. The Morgan fingerprint density at radius 1 is 0.255 bits per heavy atom. The maximum atomic E-state index is 13.2. The number of hydrogen-bond acceptors (Lipinski definition) is 15. The molecule has 0 saturated carbocycles. The van der Waals surface area contributed by atoms with Gasteiger partial charge >= 0.3 is 39.5 Å². The summed E-state index contributed by atoms with van der Waals surface area (Å²) in [6, 6.07) is 0. The summed E-state index contributed by atoms with van der Waals surface area (Å²) in [7, 11) is -9.92. The van der Waals surface area contributed by atoms with E-state index in [0.29, 0.717) is 31.6 Å². The van der Waals surface area contributed by atoms with E-state index in [2.05, 4.69) is 34.6 Å². The summed E-state index contributed by atoms with van der Waals surface area (Å²) in [6.45, 7) is 7.30. The van der Waals surface area contributed by atoms with E-state index in [1.807, 2.05) is 0 Å². The van der Waals surface area contributed by atoms with Gasteiger partial charge < -0.3 is 33.8 Å². The minimum atomic E-state index is -4.97. The van der Waals surface area contributed by atoms with Crippen LogP contribution in [0.15, 0.2) is 0 Å². The third kappa shape index (κ3) is 80.1. The van der Waals surface area contributed by atoms with Gasteiger partial charge in [-0.3, -0.25) is 37.3 Å². The monoisotopic (exact) mass is 1550 g/mol. The fraction of sp³-hybridized carbons (Fsp3) is 0.954. The number of carbonyl (C=O) groups is 4. The van der Waals surface area contributed by atoms with Crippen LogP contribution in [0.2, 0.25) is 0 Å². The highest BCUT2D eigenvalue weighted by molar-refractivity contribution is 7.47. The Kier molecular flexibility index (Phi) is 78.2. The first-order chi connectivity index (χ1) is 51.5. The fourth-order valence-corrected chi connectivity index (χ4v) is 15.2. The average Bonchev–Trinajstić information content (AvgIpc) is 0.908. The van der Waals surface area contributed by atoms with Gasteiger partial charge in [-0.2, -0.15) is 0 Å². The number of unbranched alkanes of at least 4 members (excludes halogenated alkanes) is 59. The van der Waals surface area contributed by atoms with Crippen LogP contribution in [0.25, 0.3) is 0 Å². The fourth-order valence-electron chi connectivity index (χ4n) is 13.6. The number of phosphoric ester groups is 2. The summed E-state index contributed by atoms with van der Waals surface area (Å²) in [5.41, 5.74) is 0. The molecule has 0 heterocycles. The van der Waals surface area contributed by atoms with Gasteiger partial charge in [0.1, 0.15) is 19.3 Å². The number of ether oxygens (including phenoxy) is 4. The number of esters is 4. The van der Waals surface area contributed by atoms with Crippen LogP contribution in [0.4, 0.5) is 0 Å². The second-order valence-electron chi connectivity index (χ2n) is 31.8. The Hall–Kier alpha value is -1.94. The van der Waals surface area contributed by atoms with E-state index in [0.717, 1.165) is 96.3 Å². The highest BCUT2D eigenvalue weighted by Crippen LogP contribution is 2.45. The van der Waals surface area contributed by atoms with Gasteiger partial charge in [0.2, 0.25) is 0 Å². The highest BCUT2D eigenvalue weighted by Gasteiger charge is 2.30. The molecule has 0 rings (SSSR count). The number of aliphatic hydroxyl groups is 1. The summed E-state index contributed by atoms with van der Waals surface area (Å²) < 4.78 is 68.8. The minimum Gasteiger partial charge on any atom is -0.462 e. The van der Waals surface area contributed by atoms with Crippen molar-refractivity contribution >= 4 is 39.5 Å². The van der Waals surface area contributed by atoms with E-state index in [-0.39, 0.29) is 25.7 Å². The number of phosphoric acid groups is 2. The van der Waals surface area contributed by atoms with Crippen LogP contribution in [0.5, 0.6) is 0 Å². The van der Waals surface area contributed by atoms with E-state index >= 15 is 0 Å². The molecule has 0 aliphatic rings. The van der Waals surface area contributed by atoms with Gasteiger partial charge in [-0.15, -0.1) is 0 Å². The van der Waals surface area contributed by atoms with Crippen LogP contribution in [0.1, 0.15) is 471 Å². The van der Waals surface area contributed by atoms with E-state index in [4.69, 9.17) is 37.0 Å². The number of rotatable bonds is 87. The van der Waals surface area contributed by atoms with E-state index in [9.17, 15) is 43.2 Å². The Morgan fingerprint density at radius 2 is 0.434 bits per heavy atom. The maximum Gasteiger partial charge on any atom is 0.472 e. The van der Waals surface area contributed by atoms with E-state index in [1.54, 1.807) is 0 Å². The van der Waals surface area contributed by atoms with Crippen LogP contribution < -0.4 is 0 Å². The molecule has 5 atom stereocenters. The average molecular weight is 1550 g/mol. The van der Waals surface area contributed by atoms with Crippen LogP contribution >= 0.6 is 15.6 Å². The van der Waals surface area contributed by atoms with Gasteiger partial charge in [0.15, 0.2) is 12.2 Å². The molecule has 0 amide bonds. The van der Waals surface area contributed by atoms with Crippen molar-refractivity contribution in [2.24, 2.45) is 5.92 Å². The Labute approximate surface area is 651 Å². The molecule has 3 N–H and O–H groups in total. The lowest BCUT2D eigenvalue weighted by Crippen LogP contribution is -2.30. The van der Waals surface area contributed by atoms with Crippen LogP contribution in [-0.4, -0.2) is 96.7 Å². The first-order valence-electron chi connectivity index (χ1n) is 45.1. The molecule has 0 aliphatic carbocycles. The summed E-state index contributed by atoms with van der Waals surface area (Å²) in [6.07, 6.45) is 74.0. The summed E-state index contributed by atoms with van der Waals surface area (Å²) >= 11 is 0. The van der Waals surface area contributed by atoms with Crippen molar-refractivity contribution in [3.8, 4) is 0 Å². The molecular formula is C87H170O17P2. The standard InChI is InChI=1S/C87H170O17P2/c1-6-9-12-15-18-21-24-27-29-31-33-35-37-39-41-43-45-48-50-55-60-65-70-84(89)97-76-82(103-87(92)73-68-63-57-52-49-46-44-42-40-38-36-34-32-30-28-25-22-19-16-13-10-7-2)78-101-105(93,94)99-74-81(88)75-100-106(95,96)102-79-83(77-98-85(90)71-66-61-58-53-54-59-64-69-80(4)5)104-86(91)72-67-62-56-51-47-26-23-20-17-14-11-8-3/h80-83,88H,6-79H2,1-5H3,(H,93,94)(H,95,96)/t81-,82-,83-/m1/s1. The van der Waals surface area contributed by atoms with Crippen molar-refractivity contribution in [2.45, 2.75) is 490 Å². The molecule has 0 aromatic rings. The molecule has 0 aliphatic heterocycles. The van der Waals surface area contributed by atoms with Crippen molar-refractivity contribution in [1.29, 1.82) is 0 Å². The second-order valence-corrected chi connectivity index (χ2v) is 34.7. The SMILES string of the molecule is CCCCCCCCCCCCCCCCCCCCCCCCC(=O)OC[C@H](COP(=O)(O)OC[C@@H](O)COP(=O)(O)OC[C@@H](COC(=O)CCCCCCCCCC(C)C)OC(=O)CCCCCCCCCCCCCC)OC(=O)CCCCCCCCCCCCCCCCCCCCCCCC. The third-order valence-corrected chi connectivity index (χ3v) is 22.4. The largest absolute Gasteiger partial charge is 0.472 e. The number of aliphatic hydroxyl groups excluding tert-OH is 1. The zero-order valence-electron chi connectivity index (χ0n) is 69.6. The van der Waals surface area contributed by atoms with Gasteiger partial charge in [0.05, 0.1) is 26.4 Å². The van der Waals surface area contributed by atoms with E-state index in [1.165, 1.54) is 289 Å². The lowest BCUT2D eigenvalue weighted by Gasteiger charge is -2.21. The molecular weight excluding hydrogens is 1380 g/mol. The normalized spacial score (nSPS) is 13.7. The predicted molar refractivity (Wildman–Crippen MR) is 437 cm³/mol. The molecule has 0 fully saturated rings. The summed E-state index contributed by atoms with van der Waals surface area (Å²) in [5.74, 6) is -1.40. The van der Waals surface area contributed by atoms with Crippen LogP contribution in [-0.2, 0) is 65.4 Å². The predicted octanol–water partition coefficient (Wildman–Crippen LogP) is 26.8. The quantitative estimate of drug-likeness (QED) is 0.0222. The highest BCUT2D eigenvalue weighted by atomic mass is 31.2.